The third-order valence-corrected chi connectivity index (χ3v) is 2.88. The average molecular weight is 217 g/mol. The van der Waals surface area contributed by atoms with E-state index in [0.29, 0.717) is 6.54 Å². The van der Waals surface area contributed by atoms with Gasteiger partial charge in [0.05, 0.1) is 5.69 Å². The van der Waals surface area contributed by atoms with Gasteiger partial charge in [0.15, 0.2) is 0 Å². The van der Waals surface area contributed by atoms with Gasteiger partial charge in [-0.1, -0.05) is 11.8 Å². The first-order valence-electron chi connectivity index (χ1n) is 4.61. The van der Waals surface area contributed by atoms with Crippen LogP contribution in [0.25, 0.3) is 0 Å². The second-order valence-electron chi connectivity index (χ2n) is 2.97. The topological polar surface area (TPSA) is 51.8 Å². The van der Waals surface area contributed by atoms with E-state index >= 15 is 0 Å². The number of rotatable bonds is 3. The van der Waals surface area contributed by atoms with Crippen molar-refractivity contribution in [1.29, 1.82) is 0 Å². The molecule has 3 nitrogen and oxygen atoms in total. The number of nitrogens with zero attached hydrogens (tertiary/aromatic N) is 2. The van der Waals surface area contributed by atoms with Crippen LogP contribution in [0.3, 0.4) is 0 Å². The van der Waals surface area contributed by atoms with Crippen LogP contribution in [0.2, 0.25) is 0 Å². The molecule has 0 saturated carbocycles. The molecule has 0 unspecified atom stereocenters. The van der Waals surface area contributed by atoms with E-state index in [-0.39, 0.29) is 0 Å². The Hall–Kier alpha value is -1.39. The molecule has 2 aromatic heterocycles. The van der Waals surface area contributed by atoms with Crippen molar-refractivity contribution < 1.29 is 0 Å². The monoisotopic (exact) mass is 217 g/mol. The van der Waals surface area contributed by atoms with E-state index in [4.69, 9.17) is 5.73 Å². The second kappa shape index (κ2) is 4.91. The molecule has 76 valence electrons. The van der Waals surface area contributed by atoms with Crippen molar-refractivity contribution in [2.75, 3.05) is 0 Å². The van der Waals surface area contributed by atoms with Crippen molar-refractivity contribution in [2.24, 2.45) is 5.73 Å². The largest absolute Gasteiger partial charge is 0.325 e. The summed E-state index contributed by atoms with van der Waals surface area (Å²) in [6.07, 6.45) is 5.40. The van der Waals surface area contributed by atoms with E-state index in [0.717, 1.165) is 15.5 Å². The van der Waals surface area contributed by atoms with Gasteiger partial charge in [-0.2, -0.15) is 0 Å². The lowest BCUT2D eigenvalue weighted by Gasteiger charge is -2.01. The maximum atomic E-state index is 5.47. The van der Waals surface area contributed by atoms with Crippen molar-refractivity contribution in [3.8, 4) is 0 Å². The first-order chi connectivity index (χ1) is 7.38. The lowest BCUT2D eigenvalue weighted by Crippen LogP contribution is -1.98. The lowest BCUT2D eigenvalue weighted by atomic mass is 10.4. The minimum Gasteiger partial charge on any atom is -0.325 e. The molecule has 2 heterocycles. The summed E-state index contributed by atoms with van der Waals surface area (Å²) in [7, 11) is 0. The summed E-state index contributed by atoms with van der Waals surface area (Å²) in [5.74, 6) is 0. The number of hydrogen-bond acceptors (Lipinski definition) is 4. The highest BCUT2D eigenvalue weighted by molar-refractivity contribution is 7.99. The number of hydrogen-bond donors (Lipinski definition) is 1. The van der Waals surface area contributed by atoms with Gasteiger partial charge in [-0.05, 0) is 24.3 Å². The highest BCUT2D eigenvalue weighted by Gasteiger charge is 1.97. The molecule has 0 bridgehead atoms. The molecule has 0 aliphatic carbocycles. The van der Waals surface area contributed by atoms with Crippen LogP contribution in [0, 0.1) is 0 Å². The lowest BCUT2D eigenvalue weighted by molar-refractivity contribution is 0.977. The Labute approximate surface area is 92.8 Å². The molecule has 0 saturated heterocycles. The SMILES string of the molecule is NCc1ccc(Sc2ccncc2)cn1. The molecule has 0 aliphatic rings. The molecule has 2 rings (SSSR count). The normalized spacial score (nSPS) is 10.2. The minimum atomic E-state index is 0.486. The van der Waals surface area contributed by atoms with E-state index in [1.54, 1.807) is 24.2 Å². The van der Waals surface area contributed by atoms with E-state index < -0.39 is 0 Å². The quantitative estimate of drug-likeness (QED) is 0.855. The molecule has 0 radical (unpaired) electrons. The standard InChI is InChI=1S/C11H11N3S/c12-7-9-1-2-11(8-14-9)15-10-3-5-13-6-4-10/h1-6,8H,7,12H2. The van der Waals surface area contributed by atoms with E-state index in [2.05, 4.69) is 9.97 Å². The van der Waals surface area contributed by atoms with Gasteiger partial charge in [0.1, 0.15) is 0 Å². The van der Waals surface area contributed by atoms with Gasteiger partial charge in [-0.15, -0.1) is 0 Å². The molecular formula is C11H11N3S. The first kappa shape index (κ1) is 10.1. The molecule has 0 fully saturated rings. The number of pyridine rings is 2. The maximum absolute atomic E-state index is 5.47. The highest BCUT2D eigenvalue weighted by Crippen LogP contribution is 2.25. The Morgan fingerprint density at radius 1 is 1.07 bits per heavy atom. The molecule has 15 heavy (non-hydrogen) atoms. The Bertz CT molecular complexity index is 414. The van der Waals surface area contributed by atoms with Crippen LogP contribution in [0.15, 0.2) is 52.6 Å². The summed E-state index contributed by atoms with van der Waals surface area (Å²) in [6, 6.07) is 7.92. The maximum Gasteiger partial charge on any atom is 0.0540 e. The van der Waals surface area contributed by atoms with Crippen LogP contribution in [-0.4, -0.2) is 9.97 Å². The zero-order chi connectivity index (χ0) is 10.5. The van der Waals surface area contributed by atoms with Gasteiger partial charge in [-0.25, -0.2) is 0 Å². The average Bonchev–Trinajstić information content (AvgIpc) is 2.31. The number of aromatic nitrogens is 2. The third-order valence-electron chi connectivity index (χ3n) is 1.89. The zero-order valence-corrected chi connectivity index (χ0v) is 8.95. The Morgan fingerprint density at radius 3 is 2.47 bits per heavy atom. The van der Waals surface area contributed by atoms with Crippen LogP contribution in [0.4, 0.5) is 0 Å². The van der Waals surface area contributed by atoms with Gasteiger partial charge < -0.3 is 5.73 Å². The van der Waals surface area contributed by atoms with Crippen molar-refractivity contribution in [1.82, 2.24) is 9.97 Å². The van der Waals surface area contributed by atoms with Crippen molar-refractivity contribution in [3.63, 3.8) is 0 Å². The summed E-state index contributed by atoms with van der Waals surface area (Å²) < 4.78 is 0. The second-order valence-corrected chi connectivity index (χ2v) is 4.12. The fraction of sp³-hybridized carbons (Fsp3) is 0.0909. The van der Waals surface area contributed by atoms with Crippen molar-refractivity contribution >= 4 is 11.8 Å². The van der Waals surface area contributed by atoms with Gasteiger partial charge in [-0.3, -0.25) is 9.97 Å². The van der Waals surface area contributed by atoms with Crippen LogP contribution < -0.4 is 5.73 Å². The molecule has 0 aromatic carbocycles. The van der Waals surface area contributed by atoms with Crippen molar-refractivity contribution in [2.45, 2.75) is 16.3 Å². The molecule has 0 spiro atoms. The van der Waals surface area contributed by atoms with Crippen molar-refractivity contribution in [3.05, 3.63) is 48.5 Å². The van der Waals surface area contributed by atoms with Crippen LogP contribution in [0.1, 0.15) is 5.69 Å². The fourth-order valence-corrected chi connectivity index (χ4v) is 1.91. The zero-order valence-electron chi connectivity index (χ0n) is 8.13. The predicted molar refractivity (Wildman–Crippen MR) is 60.5 cm³/mol. The summed E-state index contributed by atoms with van der Waals surface area (Å²) in [4.78, 5) is 10.5. The molecule has 0 aliphatic heterocycles. The smallest absolute Gasteiger partial charge is 0.0540 e. The van der Waals surface area contributed by atoms with E-state index in [9.17, 15) is 0 Å². The van der Waals surface area contributed by atoms with Crippen LogP contribution in [-0.2, 0) is 6.54 Å². The third kappa shape index (κ3) is 2.78. The molecule has 2 aromatic rings. The summed E-state index contributed by atoms with van der Waals surface area (Å²) in [6.45, 7) is 0.486. The summed E-state index contributed by atoms with van der Waals surface area (Å²) in [5, 5.41) is 0. The van der Waals surface area contributed by atoms with Crippen LogP contribution in [0.5, 0.6) is 0 Å². The van der Waals surface area contributed by atoms with E-state index in [1.807, 2.05) is 30.5 Å². The predicted octanol–water partition coefficient (Wildman–Crippen LogP) is 2.09. The van der Waals surface area contributed by atoms with E-state index in [1.165, 1.54) is 0 Å². The fourth-order valence-electron chi connectivity index (χ4n) is 1.13. The number of nitrogens with two attached hydrogens (primary N) is 1. The first-order valence-corrected chi connectivity index (χ1v) is 5.43. The van der Waals surface area contributed by atoms with Gasteiger partial charge >= 0.3 is 0 Å². The summed E-state index contributed by atoms with van der Waals surface area (Å²) >= 11 is 1.66. The highest BCUT2D eigenvalue weighted by atomic mass is 32.2. The van der Waals surface area contributed by atoms with Gasteiger partial charge in [0.2, 0.25) is 0 Å². The van der Waals surface area contributed by atoms with Crippen LogP contribution >= 0.6 is 11.8 Å². The molecule has 4 heteroatoms. The Morgan fingerprint density at radius 2 is 1.87 bits per heavy atom. The molecule has 0 atom stereocenters. The minimum absolute atomic E-state index is 0.486. The van der Waals surface area contributed by atoms with Gasteiger partial charge in [0, 0.05) is 34.9 Å². The Balaban J connectivity index is 2.11. The molecular weight excluding hydrogens is 206 g/mol. The summed E-state index contributed by atoms with van der Waals surface area (Å²) in [5.41, 5.74) is 6.39. The Kier molecular flexibility index (Phi) is 3.32. The molecule has 0 amide bonds. The van der Waals surface area contributed by atoms with Gasteiger partial charge in [0.25, 0.3) is 0 Å². The molecule has 2 N–H and O–H groups in total.